The summed E-state index contributed by atoms with van der Waals surface area (Å²) in [4.78, 5) is 2.30. The molecule has 0 bridgehead atoms. The molecule has 6 heteroatoms. The van der Waals surface area contributed by atoms with Crippen LogP contribution in [0.2, 0.25) is 0 Å². The Morgan fingerprint density at radius 2 is 2.06 bits per heavy atom. The second kappa shape index (κ2) is 4.40. The van der Waals surface area contributed by atoms with Gasteiger partial charge in [-0.05, 0) is 26.2 Å². The van der Waals surface area contributed by atoms with Gasteiger partial charge in [-0.15, -0.1) is 0 Å². The first-order valence-electron chi connectivity index (χ1n) is 6.13. The van der Waals surface area contributed by atoms with E-state index in [4.69, 9.17) is 5.73 Å². The molecule has 1 aliphatic heterocycles. The molecule has 1 aliphatic carbocycles. The van der Waals surface area contributed by atoms with Crippen LogP contribution in [0.15, 0.2) is 0 Å². The maximum absolute atomic E-state index is 12.3. The summed E-state index contributed by atoms with van der Waals surface area (Å²) >= 11 is 0. The summed E-state index contributed by atoms with van der Waals surface area (Å²) in [5.74, 6) is 0. The topological polar surface area (TPSA) is 41.3 Å². The first-order valence-corrected chi connectivity index (χ1v) is 6.13. The molecule has 17 heavy (non-hydrogen) atoms. The second-order valence-electron chi connectivity index (χ2n) is 5.41. The van der Waals surface area contributed by atoms with Crippen LogP contribution < -0.4 is 11.1 Å². The average Bonchev–Trinajstić information content (AvgIpc) is 3.00. The van der Waals surface area contributed by atoms with E-state index in [0.717, 1.165) is 0 Å². The third-order valence-corrected chi connectivity index (χ3v) is 3.81. The summed E-state index contributed by atoms with van der Waals surface area (Å²) in [5.41, 5.74) is 5.13. The van der Waals surface area contributed by atoms with Gasteiger partial charge in [0.15, 0.2) is 0 Å². The number of hydrogen-bond donors (Lipinski definition) is 2. The van der Waals surface area contributed by atoms with E-state index in [1.807, 2.05) is 0 Å². The lowest BCUT2D eigenvalue weighted by Crippen LogP contribution is -2.55. The Labute approximate surface area is 99.5 Å². The van der Waals surface area contributed by atoms with Crippen LogP contribution in [-0.4, -0.2) is 48.3 Å². The van der Waals surface area contributed by atoms with E-state index in [1.54, 1.807) is 0 Å². The van der Waals surface area contributed by atoms with Crippen molar-refractivity contribution in [1.29, 1.82) is 0 Å². The quantitative estimate of drug-likeness (QED) is 0.786. The molecule has 2 fully saturated rings. The van der Waals surface area contributed by atoms with Crippen LogP contribution in [0.4, 0.5) is 13.2 Å². The van der Waals surface area contributed by atoms with E-state index < -0.39 is 18.3 Å². The largest absolute Gasteiger partial charge is 0.401 e. The van der Waals surface area contributed by atoms with Crippen molar-refractivity contribution in [3.05, 3.63) is 0 Å². The number of hydrogen-bond acceptors (Lipinski definition) is 3. The van der Waals surface area contributed by atoms with Gasteiger partial charge in [-0.25, -0.2) is 0 Å². The second-order valence-corrected chi connectivity index (χ2v) is 5.41. The maximum Gasteiger partial charge on any atom is 0.401 e. The molecule has 100 valence electrons. The van der Waals surface area contributed by atoms with E-state index >= 15 is 0 Å². The Kier molecular flexibility index (Phi) is 3.40. The first-order chi connectivity index (χ1) is 7.85. The minimum absolute atomic E-state index is 0.261. The van der Waals surface area contributed by atoms with E-state index in [1.165, 1.54) is 12.8 Å². The molecule has 3 N–H and O–H groups in total. The molecule has 3 nitrogen and oxygen atoms in total. The van der Waals surface area contributed by atoms with Gasteiger partial charge in [-0.2, -0.15) is 13.2 Å². The van der Waals surface area contributed by atoms with Crippen LogP contribution in [0.1, 0.15) is 26.2 Å². The van der Waals surface area contributed by atoms with Crippen molar-refractivity contribution in [3.8, 4) is 0 Å². The highest BCUT2D eigenvalue weighted by Crippen LogP contribution is 2.37. The molecule has 1 saturated heterocycles. The smallest absolute Gasteiger partial charge is 0.329 e. The van der Waals surface area contributed by atoms with Gasteiger partial charge in [-0.1, -0.05) is 0 Å². The molecule has 0 aromatic heterocycles. The lowest BCUT2D eigenvalue weighted by Gasteiger charge is -2.30. The van der Waals surface area contributed by atoms with Crippen molar-refractivity contribution >= 4 is 0 Å². The fourth-order valence-corrected chi connectivity index (χ4v) is 2.78. The molecular weight excluding hydrogens is 231 g/mol. The highest BCUT2D eigenvalue weighted by atomic mass is 19.4. The van der Waals surface area contributed by atoms with Gasteiger partial charge in [0.25, 0.3) is 0 Å². The zero-order valence-corrected chi connectivity index (χ0v) is 10.1. The summed E-state index contributed by atoms with van der Waals surface area (Å²) < 4.78 is 36.8. The van der Waals surface area contributed by atoms with Crippen molar-refractivity contribution in [2.75, 3.05) is 19.6 Å². The first kappa shape index (κ1) is 13.1. The lowest BCUT2D eigenvalue weighted by atomic mass is 9.96. The van der Waals surface area contributed by atoms with E-state index in [2.05, 4.69) is 17.1 Å². The van der Waals surface area contributed by atoms with Gasteiger partial charge in [0, 0.05) is 30.7 Å². The fraction of sp³-hybridized carbons (Fsp3) is 1.00. The van der Waals surface area contributed by atoms with Crippen LogP contribution in [0, 0.1) is 0 Å². The van der Waals surface area contributed by atoms with E-state index in [0.29, 0.717) is 25.0 Å². The minimum Gasteiger partial charge on any atom is -0.329 e. The number of rotatable bonds is 4. The van der Waals surface area contributed by atoms with Gasteiger partial charge >= 0.3 is 6.18 Å². The minimum atomic E-state index is -4.17. The van der Waals surface area contributed by atoms with Crippen LogP contribution in [0.3, 0.4) is 0 Å². The summed E-state index contributed by atoms with van der Waals surface area (Å²) in [6.45, 7) is 2.03. The molecule has 2 atom stereocenters. The predicted molar refractivity (Wildman–Crippen MR) is 59.7 cm³/mol. The van der Waals surface area contributed by atoms with Crippen LogP contribution in [-0.2, 0) is 0 Å². The number of nitrogens with two attached hydrogens (primary N) is 1. The third-order valence-electron chi connectivity index (χ3n) is 3.81. The summed E-state index contributed by atoms with van der Waals surface area (Å²) in [7, 11) is 0. The summed E-state index contributed by atoms with van der Waals surface area (Å²) in [6.07, 6.45) is -1.12. The molecule has 2 rings (SSSR count). The molecule has 2 aliphatic rings. The zero-order valence-electron chi connectivity index (χ0n) is 10.1. The lowest BCUT2D eigenvalue weighted by molar-refractivity contribution is -0.128. The summed E-state index contributed by atoms with van der Waals surface area (Å²) in [5, 5.41) is 2.64. The average molecular weight is 251 g/mol. The SMILES string of the molecule is CC1CC(CN)(NCC(F)(F)F)CN1C1CC1. The van der Waals surface area contributed by atoms with Gasteiger partial charge in [0.05, 0.1) is 6.54 Å². The number of halogens is 3. The van der Waals surface area contributed by atoms with Gasteiger partial charge < -0.3 is 11.1 Å². The fourth-order valence-electron chi connectivity index (χ4n) is 2.78. The van der Waals surface area contributed by atoms with E-state index in [9.17, 15) is 13.2 Å². The normalized spacial score (nSPS) is 35.5. The molecule has 1 saturated carbocycles. The van der Waals surface area contributed by atoms with Gasteiger partial charge in [0.1, 0.15) is 0 Å². The molecule has 1 heterocycles. The molecule has 0 aromatic rings. The predicted octanol–water partition coefficient (Wildman–Crippen LogP) is 1.09. The van der Waals surface area contributed by atoms with Crippen molar-refractivity contribution in [1.82, 2.24) is 10.2 Å². The third kappa shape index (κ3) is 3.11. The number of nitrogens with one attached hydrogen (secondary N) is 1. The molecular formula is C11H20F3N3. The molecule has 0 amide bonds. The molecule has 0 spiro atoms. The standard InChI is InChI=1S/C11H20F3N3/c1-8-4-10(5-15,16-6-11(12,13)14)7-17(8)9-2-3-9/h8-9,16H,2-7,15H2,1H3. The molecule has 0 radical (unpaired) electrons. The van der Waals surface area contributed by atoms with Crippen molar-refractivity contribution in [2.24, 2.45) is 5.73 Å². The van der Waals surface area contributed by atoms with Crippen molar-refractivity contribution < 1.29 is 13.2 Å². The van der Waals surface area contributed by atoms with Crippen LogP contribution >= 0.6 is 0 Å². The van der Waals surface area contributed by atoms with Gasteiger partial charge in [-0.3, -0.25) is 4.90 Å². The molecule has 2 unspecified atom stereocenters. The summed E-state index contributed by atoms with van der Waals surface area (Å²) in [6, 6.07) is 0.901. The van der Waals surface area contributed by atoms with Gasteiger partial charge in [0.2, 0.25) is 0 Å². The Morgan fingerprint density at radius 1 is 1.41 bits per heavy atom. The Bertz CT molecular complexity index is 278. The number of nitrogens with zero attached hydrogens (tertiary/aromatic N) is 1. The Morgan fingerprint density at radius 3 is 2.53 bits per heavy atom. The van der Waals surface area contributed by atoms with Crippen LogP contribution in [0.25, 0.3) is 0 Å². The van der Waals surface area contributed by atoms with Crippen molar-refractivity contribution in [3.63, 3.8) is 0 Å². The number of likely N-dealkylation sites (tertiary alicyclic amines) is 1. The van der Waals surface area contributed by atoms with Crippen LogP contribution in [0.5, 0.6) is 0 Å². The number of alkyl halides is 3. The highest BCUT2D eigenvalue weighted by Gasteiger charge is 2.47. The van der Waals surface area contributed by atoms with E-state index in [-0.39, 0.29) is 6.54 Å². The maximum atomic E-state index is 12.3. The Hall–Kier alpha value is -0.330. The monoisotopic (exact) mass is 251 g/mol. The highest BCUT2D eigenvalue weighted by molar-refractivity contribution is 5.05. The van der Waals surface area contributed by atoms with Crippen molar-refractivity contribution in [2.45, 2.75) is 50.0 Å². The Balaban J connectivity index is 1.95. The molecule has 0 aromatic carbocycles. The zero-order chi connectivity index (χ0) is 12.7.